The summed E-state index contributed by atoms with van der Waals surface area (Å²) in [6, 6.07) is 11.3. The van der Waals surface area contributed by atoms with Gasteiger partial charge in [0.2, 0.25) is 0 Å². The molecule has 0 aromatic heterocycles. The Hall–Kier alpha value is -0.860. The van der Waals surface area contributed by atoms with Gasteiger partial charge in [0.1, 0.15) is 5.60 Å². The zero-order chi connectivity index (χ0) is 12.9. The molecule has 3 fully saturated rings. The number of hydrogen-bond donors (Lipinski definition) is 1. The molecule has 102 valence electrons. The van der Waals surface area contributed by atoms with E-state index in [1.165, 1.54) is 32.2 Å². The van der Waals surface area contributed by atoms with Gasteiger partial charge in [-0.2, -0.15) is 0 Å². The van der Waals surface area contributed by atoms with Crippen molar-refractivity contribution in [2.75, 3.05) is 6.54 Å². The summed E-state index contributed by atoms with van der Waals surface area (Å²) in [5, 5.41) is 11.3. The highest BCUT2D eigenvalue weighted by atomic mass is 16.3. The van der Waals surface area contributed by atoms with Gasteiger partial charge in [-0.15, -0.1) is 0 Å². The number of piperidine rings is 1. The second-order valence-corrected chi connectivity index (χ2v) is 6.74. The van der Waals surface area contributed by atoms with Crippen LogP contribution in [0.4, 0.5) is 0 Å². The van der Waals surface area contributed by atoms with Crippen LogP contribution in [0.25, 0.3) is 0 Å². The van der Waals surface area contributed by atoms with Gasteiger partial charge in [-0.05, 0) is 43.6 Å². The van der Waals surface area contributed by atoms with Crippen molar-refractivity contribution in [2.45, 2.75) is 56.2 Å². The molecule has 1 aromatic carbocycles. The highest BCUT2D eigenvalue weighted by Gasteiger charge is 2.54. The lowest BCUT2D eigenvalue weighted by Crippen LogP contribution is -2.46. The summed E-state index contributed by atoms with van der Waals surface area (Å²) in [4.78, 5) is 2.65. The topological polar surface area (TPSA) is 23.5 Å². The number of hydrogen-bond acceptors (Lipinski definition) is 2. The molecule has 2 bridgehead atoms. The van der Waals surface area contributed by atoms with Gasteiger partial charge in [0, 0.05) is 18.6 Å². The lowest BCUT2D eigenvalue weighted by molar-refractivity contribution is -0.0108. The van der Waals surface area contributed by atoms with Crippen molar-refractivity contribution in [1.82, 2.24) is 4.90 Å². The first-order chi connectivity index (χ1) is 9.27. The van der Waals surface area contributed by atoms with Crippen LogP contribution in [0, 0.1) is 5.92 Å². The quantitative estimate of drug-likeness (QED) is 0.900. The number of benzene rings is 1. The van der Waals surface area contributed by atoms with E-state index in [0.29, 0.717) is 12.1 Å². The van der Waals surface area contributed by atoms with Gasteiger partial charge in [0.05, 0.1) is 0 Å². The van der Waals surface area contributed by atoms with Crippen molar-refractivity contribution >= 4 is 0 Å². The lowest BCUT2D eigenvalue weighted by Gasteiger charge is -2.38. The minimum atomic E-state index is -0.600. The monoisotopic (exact) mass is 257 g/mol. The molecule has 0 amide bonds. The third-order valence-electron chi connectivity index (χ3n) is 5.42. The van der Waals surface area contributed by atoms with Crippen molar-refractivity contribution < 1.29 is 5.11 Å². The van der Waals surface area contributed by atoms with Gasteiger partial charge in [0.15, 0.2) is 0 Å². The Bertz CT molecular complexity index is 456. The summed E-state index contributed by atoms with van der Waals surface area (Å²) >= 11 is 0. The minimum Gasteiger partial charge on any atom is -0.383 e. The normalized spacial score (nSPS) is 38.6. The van der Waals surface area contributed by atoms with Gasteiger partial charge < -0.3 is 5.11 Å². The third-order valence-corrected chi connectivity index (χ3v) is 5.42. The van der Waals surface area contributed by atoms with Crippen LogP contribution in [0.2, 0.25) is 0 Å². The number of nitrogens with zero attached hydrogens (tertiary/aromatic N) is 1. The van der Waals surface area contributed by atoms with Crippen LogP contribution in [0.1, 0.15) is 44.1 Å². The molecule has 1 N–H and O–H groups in total. The second-order valence-electron chi connectivity index (χ2n) is 6.74. The molecule has 2 saturated heterocycles. The Morgan fingerprint density at radius 1 is 1.11 bits per heavy atom. The Balaban J connectivity index is 1.66. The highest BCUT2D eigenvalue weighted by molar-refractivity contribution is 5.28. The van der Waals surface area contributed by atoms with E-state index < -0.39 is 5.60 Å². The first-order valence-electron chi connectivity index (χ1n) is 7.81. The molecular weight excluding hydrogens is 234 g/mol. The van der Waals surface area contributed by atoms with E-state index in [1.54, 1.807) is 0 Å². The van der Waals surface area contributed by atoms with E-state index in [2.05, 4.69) is 29.2 Å². The van der Waals surface area contributed by atoms with E-state index in [9.17, 15) is 5.11 Å². The lowest BCUT2D eigenvalue weighted by atomic mass is 9.85. The van der Waals surface area contributed by atoms with Crippen LogP contribution in [0.5, 0.6) is 0 Å². The predicted octanol–water partition coefficient (Wildman–Crippen LogP) is 2.91. The van der Waals surface area contributed by atoms with Gasteiger partial charge in [-0.25, -0.2) is 0 Å². The molecule has 2 aliphatic heterocycles. The maximum atomic E-state index is 11.3. The van der Waals surface area contributed by atoms with Crippen molar-refractivity contribution in [2.24, 2.45) is 5.92 Å². The maximum Gasteiger partial charge on any atom is 0.107 e. The van der Waals surface area contributed by atoms with Crippen molar-refractivity contribution in [3.05, 3.63) is 35.9 Å². The van der Waals surface area contributed by atoms with Crippen LogP contribution < -0.4 is 0 Å². The maximum absolute atomic E-state index is 11.3. The van der Waals surface area contributed by atoms with Crippen molar-refractivity contribution in [1.29, 1.82) is 0 Å². The van der Waals surface area contributed by atoms with Crippen LogP contribution >= 0.6 is 0 Å². The van der Waals surface area contributed by atoms with Gasteiger partial charge >= 0.3 is 0 Å². The van der Waals surface area contributed by atoms with E-state index >= 15 is 0 Å². The zero-order valence-corrected chi connectivity index (χ0v) is 11.5. The first-order valence-corrected chi connectivity index (χ1v) is 7.81. The largest absolute Gasteiger partial charge is 0.383 e. The van der Waals surface area contributed by atoms with Crippen LogP contribution in [0.3, 0.4) is 0 Å². The van der Waals surface area contributed by atoms with E-state index in [1.807, 2.05) is 6.07 Å². The van der Waals surface area contributed by atoms with Gasteiger partial charge in [0.25, 0.3) is 0 Å². The molecule has 2 nitrogen and oxygen atoms in total. The molecular formula is C17H23NO. The van der Waals surface area contributed by atoms with Crippen LogP contribution in [-0.4, -0.2) is 28.6 Å². The summed E-state index contributed by atoms with van der Waals surface area (Å²) in [5.74, 6) is 0.918. The fraction of sp³-hybridized carbons (Fsp3) is 0.647. The zero-order valence-electron chi connectivity index (χ0n) is 11.5. The molecule has 4 rings (SSSR count). The Morgan fingerprint density at radius 3 is 2.63 bits per heavy atom. The number of rotatable bonds is 3. The molecule has 3 aliphatic rings. The third kappa shape index (κ3) is 1.93. The smallest absolute Gasteiger partial charge is 0.107 e. The molecule has 2 heteroatoms. The summed E-state index contributed by atoms with van der Waals surface area (Å²) in [6.45, 7) is 1.23. The Kier molecular flexibility index (Phi) is 2.71. The predicted molar refractivity (Wildman–Crippen MR) is 75.8 cm³/mol. The molecule has 1 aromatic rings. The summed E-state index contributed by atoms with van der Waals surface area (Å²) < 4.78 is 0. The average Bonchev–Trinajstić information content (AvgIpc) is 3.22. The molecule has 1 aliphatic carbocycles. The van der Waals surface area contributed by atoms with E-state index in [-0.39, 0.29) is 0 Å². The Labute approximate surface area is 115 Å². The molecule has 2 heterocycles. The van der Waals surface area contributed by atoms with E-state index in [0.717, 1.165) is 24.3 Å². The number of aliphatic hydroxyl groups is 1. The standard InChI is InChI=1S/C17H23NO/c19-17(14-5-2-1-3-6-14)11-15-7-4-8-16(17)18(15)12-13-9-10-13/h1-3,5-6,13,15-16,19H,4,7-12H2. The second kappa shape index (κ2) is 4.32. The molecule has 3 atom stereocenters. The van der Waals surface area contributed by atoms with Gasteiger partial charge in [-0.3, -0.25) is 4.90 Å². The molecule has 0 radical (unpaired) electrons. The minimum absolute atomic E-state index is 0.356. The van der Waals surface area contributed by atoms with Crippen LogP contribution in [-0.2, 0) is 5.60 Å². The first kappa shape index (κ1) is 11.9. The number of fused-ring (bicyclic) bond motifs is 2. The summed E-state index contributed by atoms with van der Waals surface area (Å²) in [6.07, 6.45) is 7.46. The van der Waals surface area contributed by atoms with Crippen molar-refractivity contribution in [3.8, 4) is 0 Å². The molecule has 3 unspecified atom stereocenters. The SMILES string of the molecule is OC1(c2ccccc2)CC2CCCC1N2CC1CC1. The van der Waals surface area contributed by atoms with E-state index in [4.69, 9.17) is 0 Å². The molecule has 19 heavy (non-hydrogen) atoms. The summed E-state index contributed by atoms with van der Waals surface area (Å²) in [7, 11) is 0. The average molecular weight is 257 g/mol. The summed E-state index contributed by atoms with van der Waals surface area (Å²) in [5.41, 5.74) is 0.530. The Morgan fingerprint density at radius 2 is 1.89 bits per heavy atom. The highest BCUT2D eigenvalue weighted by Crippen LogP contribution is 2.49. The molecule has 1 saturated carbocycles. The fourth-order valence-electron chi connectivity index (χ4n) is 4.27. The molecule has 0 spiro atoms. The van der Waals surface area contributed by atoms with Crippen molar-refractivity contribution in [3.63, 3.8) is 0 Å². The fourth-order valence-corrected chi connectivity index (χ4v) is 4.27. The van der Waals surface area contributed by atoms with Gasteiger partial charge in [-0.1, -0.05) is 36.8 Å². The van der Waals surface area contributed by atoms with Crippen LogP contribution in [0.15, 0.2) is 30.3 Å².